The number of carbonyl (C=O) groups is 2. The zero-order chi connectivity index (χ0) is 14.0. The molecule has 1 saturated heterocycles. The van der Waals surface area contributed by atoms with Crippen LogP contribution in [0.2, 0.25) is 0 Å². The Morgan fingerprint density at radius 1 is 1.21 bits per heavy atom. The fourth-order valence-electron chi connectivity index (χ4n) is 2.09. The molecule has 0 aromatic rings. The number of rotatable bonds is 4. The van der Waals surface area contributed by atoms with E-state index < -0.39 is 15.8 Å². The first-order valence-electron chi connectivity index (χ1n) is 6.33. The molecule has 1 N–H and O–H groups in total. The fourth-order valence-corrected chi connectivity index (χ4v) is 3.29. The Kier molecular flexibility index (Phi) is 3.98. The summed E-state index contributed by atoms with van der Waals surface area (Å²) in [5.74, 6) is -0.720. The van der Waals surface area contributed by atoms with Crippen molar-refractivity contribution in [2.24, 2.45) is 5.92 Å². The quantitative estimate of drug-likeness (QED) is 0.762. The smallest absolute Gasteiger partial charge is 0.323 e. The summed E-state index contributed by atoms with van der Waals surface area (Å²) in [6.45, 7) is 0.441. The van der Waals surface area contributed by atoms with Gasteiger partial charge in [0, 0.05) is 19.6 Å². The van der Waals surface area contributed by atoms with E-state index in [0.717, 1.165) is 12.8 Å². The number of carboxylic acid groups (broad SMARTS) is 1. The molecule has 1 aliphatic heterocycles. The maximum absolute atomic E-state index is 12.2. The number of hydrogen-bond donors (Lipinski definition) is 1. The largest absolute Gasteiger partial charge is 0.480 e. The summed E-state index contributed by atoms with van der Waals surface area (Å²) in [6.07, 6.45) is 2.05. The molecule has 8 heteroatoms. The van der Waals surface area contributed by atoms with Crippen LogP contribution in [0.1, 0.15) is 12.8 Å². The number of sulfone groups is 1. The van der Waals surface area contributed by atoms with Crippen LogP contribution in [0.4, 0.5) is 4.79 Å². The third-order valence-corrected chi connectivity index (χ3v) is 5.00. The molecule has 108 valence electrons. The molecule has 0 radical (unpaired) electrons. The van der Waals surface area contributed by atoms with Crippen molar-refractivity contribution < 1.29 is 23.1 Å². The number of carbonyl (C=O) groups excluding carboxylic acids is 1. The Morgan fingerprint density at radius 3 is 2.26 bits per heavy atom. The zero-order valence-corrected chi connectivity index (χ0v) is 11.4. The van der Waals surface area contributed by atoms with Gasteiger partial charge in [-0.3, -0.25) is 4.79 Å². The van der Waals surface area contributed by atoms with Gasteiger partial charge in [0.1, 0.15) is 6.54 Å². The van der Waals surface area contributed by atoms with E-state index in [1.807, 2.05) is 0 Å². The first-order chi connectivity index (χ1) is 8.87. The predicted octanol–water partition coefficient (Wildman–Crippen LogP) is -0.367. The average Bonchev–Trinajstić information content (AvgIpc) is 3.10. The summed E-state index contributed by atoms with van der Waals surface area (Å²) >= 11 is 0. The van der Waals surface area contributed by atoms with E-state index in [0.29, 0.717) is 12.5 Å². The van der Waals surface area contributed by atoms with Gasteiger partial charge in [0.2, 0.25) is 0 Å². The molecular weight excluding hydrogens is 272 g/mol. The number of hydrogen-bond acceptors (Lipinski definition) is 4. The lowest BCUT2D eigenvalue weighted by atomic mass is 10.3. The highest BCUT2D eigenvalue weighted by Crippen LogP contribution is 2.30. The molecule has 0 spiro atoms. The molecule has 0 atom stereocenters. The van der Waals surface area contributed by atoms with Crippen LogP contribution in [0.3, 0.4) is 0 Å². The SMILES string of the molecule is O=C(O)CN(CC1CC1)C(=O)N1CCS(=O)(=O)CC1. The van der Waals surface area contributed by atoms with Crippen molar-refractivity contribution in [1.29, 1.82) is 0 Å². The molecule has 2 amide bonds. The van der Waals surface area contributed by atoms with Crippen LogP contribution in [0, 0.1) is 5.92 Å². The third kappa shape index (κ3) is 4.09. The van der Waals surface area contributed by atoms with Gasteiger partial charge in [0.05, 0.1) is 11.5 Å². The number of amides is 2. The number of urea groups is 1. The van der Waals surface area contributed by atoms with Gasteiger partial charge in [-0.05, 0) is 18.8 Å². The molecule has 0 unspecified atom stereocenters. The molecule has 0 aromatic carbocycles. The first kappa shape index (κ1) is 14.1. The highest BCUT2D eigenvalue weighted by atomic mass is 32.2. The van der Waals surface area contributed by atoms with Gasteiger partial charge in [-0.1, -0.05) is 0 Å². The fraction of sp³-hybridized carbons (Fsp3) is 0.818. The summed E-state index contributed by atoms with van der Waals surface area (Å²) in [7, 11) is -3.04. The number of carboxylic acids is 1. The molecule has 7 nitrogen and oxygen atoms in total. The molecule has 2 rings (SSSR count). The molecule has 0 bridgehead atoms. The van der Waals surface area contributed by atoms with Crippen molar-refractivity contribution in [2.45, 2.75) is 12.8 Å². The minimum Gasteiger partial charge on any atom is -0.480 e. The zero-order valence-electron chi connectivity index (χ0n) is 10.6. The van der Waals surface area contributed by atoms with Gasteiger partial charge in [0.15, 0.2) is 9.84 Å². The van der Waals surface area contributed by atoms with Gasteiger partial charge in [-0.2, -0.15) is 0 Å². The molecule has 0 aromatic heterocycles. The van der Waals surface area contributed by atoms with Crippen LogP contribution >= 0.6 is 0 Å². The van der Waals surface area contributed by atoms with E-state index in [1.54, 1.807) is 0 Å². The van der Waals surface area contributed by atoms with E-state index in [2.05, 4.69) is 0 Å². The Balaban J connectivity index is 1.96. The van der Waals surface area contributed by atoms with Gasteiger partial charge in [0.25, 0.3) is 0 Å². The highest BCUT2D eigenvalue weighted by Gasteiger charge is 2.32. The molecule has 2 aliphatic rings. The molecular formula is C11H18N2O5S. The van der Waals surface area contributed by atoms with E-state index in [9.17, 15) is 18.0 Å². The van der Waals surface area contributed by atoms with E-state index in [-0.39, 0.29) is 37.2 Å². The normalized spacial score (nSPS) is 22.0. The van der Waals surface area contributed by atoms with E-state index in [4.69, 9.17) is 5.11 Å². The summed E-state index contributed by atoms with van der Waals surface area (Å²) in [5, 5.41) is 8.84. The van der Waals surface area contributed by atoms with Crippen LogP contribution in [0.25, 0.3) is 0 Å². The van der Waals surface area contributed by atoms with Crippen LogP contribution in [0.15, 0.2) is 0 Å². The van der Waals surface area contributed by atoms with Crippen molar-refractivity contribution in [3.63, 3.8) is 0 Å². The van der Waals surface area contributed by atoms with Crippen molar-refractivity contribution in [1.82, 2.24) is 9.80 Å². The minimum atomic E-state index is -3.04. The Morgan fingerprint density at radius 2 is 1.79 bits per heavy atom. The van der Waals surface area contributed by atoms with Crippen LogP contribution in [0.5, 0.6) is 0 Å². The summed E-state index contributed by atoms with van der Waals surface area (Å²) in [6, 6.07) is -0.357. The molecule has 19 heavy (non-hydrogen) atoms. The summed E-state index contributed by atoms with van der Waals surface area (Å²) in [5.41, 5.74) is 0. The molecule has 1 heterocycles. The van der Waals surface area contributed by atoms with Gasteiger partial charge >= 0.3 is 12.0 Å². The van der Waals surface area contributed by atoms with Gasteiger partial charge in [-0.25, -0.2) is 13.2 Å². The standard InChI is InChI=1S/C11H18N2O5S/c14-10(15)8-13(7-9-1-2-9)11(16)12-3-5-19(17,18)6-4-12/h9H,1-8H2,(H,14,15). The maximum Gasteiger partial charge on any atom is 0.323 e. The summed E-state index contributed by atoms with van der Waals surface area (Å²) < 4.78 is 22.6. The first-order valence-corrected chi connectivity index (χ1v) is 8.15. The van der Waals surface area contributed by atoms with Gasteiger partial charge in [-0.15, -0.1) is 0 Å². The predicted molar refractivity (Wildman–Crippen MR) is 67.6 cm³/mol. The van der Waals surface area contributed by atoms with Gasteiger partial charge < -0.3 is 14.9 Å². The van der Waals surface area contributed by atoms with Crippen LogP contribution < -0.4 is 0 Å². The Hall–Kier alpha value is -1.31. The Bertz CT molecular complexity index is 457. The van der Waals surface area contributed by atoms with Crippen molar-refractivity contribution in [3.05, 3.63) is 0 Å². The lowest BCUT2D eigenvalue weighted by Gasteiger charge is -2.32. The molecule has 1 aliphatic carbocycles. The molecule has 2 fully saturated rings. The second kappa shape index (κ2) is 5.36. The van der Waals surface area contributed by atoms with E-state index in [1.165, 1.54) is 9.80 Å². The number of aliphatic carboxylic acids is 1. The monoisotopic (exact) mass is 290 g/mol. The topological polar surface area (TPSA) is 95.0 Å². The lowest BCUT2D eigenvalue weighted by Crippen LogP contribution is -2.51. The second-order valence-electron chi connectivity index (χ2n) is 5.14. The van der Waals surface area contributed by atoms with Crippen molar-refractivity contribution in [2.75, 3.05) is 37.7 Å². The summed E-state index contributed by atoms with van der Waals surface area (Å²) in [4.78, 5) is 25.7. The third-order valence-electron chi connectivity index (χ3n) is 3.39. The van der Waals surface area contributed by atoms with Crippen molar-refractivity contribution >= 4 is 21.8 Å². The maximum atomic E-state index is 12.2. The highest BCUT2D eigenvalue weighted by molar-refractivity contribution is 7.91. The second-order valence-corrected chi connectivity index (χ2v) is 7.44. The van der Waals surface area contributed by atoms with E-state index >= 15 is 0 Å². The van der Waals surface area contributed by atoms with Crippen LogP contribution in [-0.4, -0.2) is 73.0 Å². The number of nitrogens with zero attached hydrogens (tertiary/aromatic N) is 2. The average molecular weight is 290 g/mol. The lowest BCUT2D eigenvalue weighted by molar-refractivity contribution is -0.137. The Labute approximate surface area is 112 Å². The van der Waals surface area contributed by atoms with Crippen molar-refractivity contribution in [3.8, 4) is 0 Å². The minimum absolute atomic E-state index is 0.0386. The molecule has 1 saturated carbocycles. The van der Waals surface area contributed by atoms with Crippen LogP contribution in [-0.2, 0) is 14.6 Å².